The molecule has 0 saturated heterocycles. The van der Waals surface area contributed by atoms with Crippen LogP contribution in [0.1, 0.15) is 39.5 Å². The third-order valence-corrected chi connectivity index (χ3v) is 3.19. The maximum Gasteiger partial charge on any atom is 0.326 e. The zero-order chi connectivity index (χ0) is 12.1. The average Bonchev–Trinajstić information content (AvgIpc) is 2.60. The van der Waals surface area contributed by atoms with Gasteiger partial charge in [-0.25, -0.2) is 9.59 Å². The van der Waals surface area contributed by atoms with E-state index >= 15 is 0 Å². The van der Waals surface area contributed by atoms with Crippen LogP contribution in [0.3, 0.4) is 0 Å². The Bertz CT molecular complexity index is 268. The summed E-state index contributed by atoms with van der Waals surface area (Å²) in [6.07, 6.45) is 3.63. The van der Waals surface area contributed by atoms with Gasteiger partial charge < -0.3 is 15.7 Å². The number of hydrogen-bond donors (Lipinski definition) is 3. The van der Waals surface area contributed by atoms with E-state index < -0.39 is 12.0 Å². The summed E-state index contributed by atoms with van der Waals surface area (Å²) in [5.41, 5.74) is 0. The quantitative estimate of drug-likeness (QED) is 0.679. The van der Waals surface area contributed by atoms with Gasteiger partial charge in [0.1, 0.15) is 6.04 Å². The van der Waals surface area contributed by atoms with Crippen molar-refractivity contribution in [3.8, 4) is 0 Å². The number of amides is 2. The molecular weight excluding hydrogens is 208 g/mol. The Labute approximate surface area is 95.6 Å². The Morgan fingerprint density at radius 3 is 2.56 bits per heavy atom. The zero-order valence-electron chi connectivity index (χ0n) is 9.82. The van der Waals surface area contributed by atoms with Gasteiger partial charge in [0.15, 0.2) is 0 Å². The second-order valence-corrected chi connectivity index (χ2v) is 4.43. The smallest absolute Gasteiger partial charge is 0.326 e. The fraction of sp³-hybridized carbons (Fsp3) is 0.818. The summed E-state index contributed by atoms with van der Waals surface area (Å²) in [6, 6.07) is -0.976. The first-order valence-corrected chi connectivity index (χ1v) is 5.84. The third kappa shape index (κ3) is 3.40. The normalized spacial score (nSPS) is 26.1. The first-order chi connectivity index (χ1) is 7.54. The molecule has 5 nitrogen and oxygen atoms in total. The molecule has 0 aromatic heterocycles. The molecular formula is C11H20N2O3. The minimum absolute atomic E-state index is 0.186. The van der Waals surface area contributed by atoms with Gasteiger partial charge in [0.05, 0.1) is 0 Å². The molecule has 0 heterocycles. The lowest BCUT2D eigenvalue weighted by atomic mass is 10.1. The molecule has 2 unspecified atom stereocenters. The highest BCUT2D eigenvalue weighted by atomic mass is 16.4. The van der Waals surface area contributed by atoms with E-state index in [0.29, 0.717) is 12.3 Å². The van der Waals surface area contributed by atoms with Crippen molar-refractivity contribution in [2.45, 2.75) is 51.6 Å². The second-order valence-electron chi connectivity index (χ2n) is 4.43. The number of carbonyl (C=O) groups is 2. The standard InChI is InChI=1S/C11H20N2O3/c1-3-8(10(14)15)12-11(16)13-9-6-4-5-7(9)2/h7-9H,3-6H2,1-2H3,(H,14,15)(H2,12,13,16)/t7?,8-,9?/m1/s1. The summed E-state index contributed by atoms with van der Waals surface area (Å²) in [6.45, 7) is 3.84. The molecule has 0 aromatic carbocycles. The fourth-order valence-corrected chi connectivity index (χ4v) is 2.07. The van der Waals surface area contributed by atoms with Gasteiger partial charge in [0.2, 0.25) is 0 Å². The lowest BCUT2D eigenvalue weighted by molar-refractivity contribution is -0.139. The number of carboxylic acid groups (broad SMARTS) is 1. The Kier molecular flexibility index (Phi) is 4.58. The summed E-state index contributed by atoms with van der Waals surface area (Å²) in [5.74, 6) is -0.507. The molecule has 2 amide bonds. The van der Waals surface area contributed by atoms with Crippen molar-refractivity contribution in [3.05, 3.63) is 0 Å². The van der Waals surface area contributed by atoms with Crippen LogP contribution < -0.4 is 10.6 Å². The molecule has 5 heteroatoms. The monoisotopic (exact) mass is 228 g/mol. The van der Waals surface area contributed by atoms with Gasteiger partial charge >= 0.3 is 12.0 Å². The highest BCUT2D eigenvalue weighted by Gasteiger charge is 2.26. The van der Waals surface area contributed by atoms with E-state index in [2.05, 4.69) is 17.6 Å². The van der Waals surface area contributed by atoms with Crippen molar-refractivity contribution >= 4 is 12.0 Å². The van der Waals surface area contributed by atoms with Crippen LogP contribution in [0.5, 0.6) is 0 Å². The summed E-state index contributed by atoms with van der Waals surface area (Å²) in [7, 11) is 0. The molecule has 0 aliphatic heterocycles. The molecule has 1 aliphatic carbocycles. The third-order valence-electron chi connectivity index (χ3n) is 3.19. The molecule has 0 aromatic rings. The predicted octanol–water partition coefficient (Wildman–Crippen LogP) is 1.34. The van der Waals surface area contributed by atoms with E-state index in [9.17, 15) is 9.59 Å². The van der Waals surface area contributed by atoms with Crippen LogP contribution in [-0.2, 0) is 4.79 Å². The van der Waals surface area contributed by atoms with Crippen molar-refractivity contribution in [3.63, 3.8) is 0 Å². The number of carbonyl (C=O) groups excluding carboxylic acids is 1. The first-order valence-electron chi connectivity index (χ1n) is 5.84. The van der Waals surface area contributed by atoms with Crippen LogP contribution in [-0.4, -0.2) is 29.2 Å². The first kappa shape index (κ1) is 12.8. The van der Waals surface area contributed by atoms with Crippen molar-refractivity contribution < 1.29 is 14.7 Å². The van der Waals surface area contributed by atoms with Gasteiger partial charge in [-0.15, -0.1) is 0 Å². The highest BCUT2D eigenvalue weighted by Crippen LogP contribution is 2.24. The molecule has 1 aliphatic rings. The lowest BCUT2D eigenvalue weighted by Crippen LogP contribution is -2.49. The van der Waals surface area contributed by atoms with Crippen molar-refractivity contribution in [1.29, 1.82) is 0 Å². The van der Waals surface area contributed by atoms with Gasteiger partial charge in [-0.1, -0.05) is 20.3 Å². The second kappa shape index (κ2) is 5.72. The predicted molar refractivity (Wildman–Crippen MR) is 60.2 cm³/mol. The van der Waals surface area contributed by atoms with Gasteiger partial charge in [-0.05, 0) is 25.2 Å². The van der Waals surface area contributed by atoms with Crippen LogP contribution in [0, 0.1) is 5.92 Å². The van der Waals surface area contributed by atoms with Crippen molar-refractivity contribution in [2.75, 3.05) is 0 Å². The number of rotatable bonds is 4. The molecule has 0 bridgehead atoms. The van der Waals surface area contributed by atoms with E-state index in [0.717, 1.165) is 19.3 Å². The zero-order valence-corrected chi connectivity index (χ0v) is 9.82. The van der Waals surface area contributed by atoms with E-state index in [1.807, 2.05) is 0 Å². The molecule has 1 rings (SSSR count). The molecule has 0 radical (unpaired) electrons. The van der Waals surface area contributed by atoms with E-state index in [-0.39, 0.29) is 12.1 Å². The Hall–Kier alpha value is -1.26. The topological polar surface area (TPSA) is 78.4 Å². The summed E-state index contributed by atoms with van der Waals surface area (Å²) < 4.78 is 0. The maximum absolute atomic E-state index is 11.5. The maximum atomic E-state index is 11.5. The minimum atomic E-state index is -0.989. The number of nitrogens with one attached hydrogen (secondary N) is 2. The van der Waals surface area contributed by atoms with Crippen LogP contribution in [0.2, 0.25) is 0 Å². The van der Waals surface area contributed by atoms with E-state index in [1.165, 1.54) is 0 Å². The Morgan fingerprint density at radius 2 is 2.12 bits per heavy atom. The van der Waals surface area contributed by atoms with Gasteiger partial charge in [-0.3, -0.25) is 0 Å². The average molecular weight is 228 g/mol. The lowest BCUT2D eigenvalue weighted by Gasteiger charge is -2.19. The minimum Gasteiger partial charge on any atom is -0.480 e. The number of hydrogen-bond acceptors (Lipinski definition) is 2. The Balaban J connectivity index is 2.37. The molecule has 16 heavy (non-hydrogen) atoms. The van der Waals surface area contributed by atoms with Gasteiger partial charge in [0.25, 0.3) is 0 Å². The SMILES string of the molecule is CC[C@@H](NC(=O)NC1CCCC1C)C(=O)O. The van der Waals surface area contributed by atoms with Crippen LogP contribution in [0.4, 0.5) is 4.79 Å². The molecule has 1 fully saturated rings. The van der Waals surface area contributed by atoms with Crippen molar-refractivity contribution in [1.82, 2.24) is 10.6 Å². The number of carboxylic acids is 1. The highest BCUT2D eigenvalue weighted by molar-refractivity contribution is 5.82. The van der Waals surface area contributed by atoms with Crippen LogP contribution >= 0.6 is 0 Å². The summed E-state index contributed by atoms with van der Waals surface area (Å²) in [4.78, 5) is 22.3. The summed E-state index contributed by atoms with van der Waals surface area (Å²) in [5, 5.41) is 14.1. The van der Waals surface area contributed by atoms with Gasteiger partial charge in [0, 0.05) is 6.04 Å². The molecule has 1 saturated carbocycles. The number of aliphatic carboxylic acids is 1. The molecule has 0 spiro atoms. The number of urea groups is 1. The van der Waals surface area contributed by atoms with E-state index in [4.69, 9.17) is 5.11 Å². The van der Waals surface area contributed by atoms with Crippen LogP contribution in [0.15, 0.2) is 0 Å². The molecule has 92 valence electrons. The van der Waals surface area contributed by atoms with Gasteiger partial charge in [-0.2, -0.15) is 0 Å². The van der Waals surface area contributed by atoms with E-state index in [1.54, 1.807) is 6.92 Å². The van der Waals surface area contributed by atoms with Crippen LogP contribution in [0.25, 0.3) is 0 Å². The summed E-state index contributed by atoms with van der Waals surface area (Å²) >= 11 is 0. The Morgan fingerprint density at radius 1 is 1.44 bits per heavy atom. The largest absolute Gasteiger partial charge is 0.480 e. The fourth-order valence-electron chi connectivity index (χ4n) is 2.07. The van der Waals surface area contributed by atoms with Crippen molar-refractivity contribution in [2.24, 2.45) is 5.92 Å². The molecule has 3 N–H and O–H groups in total. The molecule has 3 atom stereocenters.